The molecule has 1 aliphatic rings. The van der Waals surface area contributed by atoms with Gasteiger partial charge < -0.3 is 19.9 Å². The van der Waals surface area contributed by atoms with Crippen LogP contribution in [0.3, 0.4) is 0 Å². The number of hydrogen-bond acceptors (Lipinski definition) is 6. The van der Waals surface area contributed by atoms with Crippen molar-refractivity contribution in [3.8, 4) is 17.0 Å². The van der Waals surface area contributed by atoms with Crippen LogP contribution >= 0.6 is 22.6 Å². The van der Waals surface area contributed by atoms with E-state index in [9.17, 15) is 0 Å². The molecule has 0 aliphatic carbocycles. The van der Waals surface area contributed by atoms with Crippen molar-refractivity contribution in [3.05, 3.63) is 51.4 Å². The molecule has 158 valence electrons. The number of pyridine rings is 2. The second-order valence-corrected chi connectivity index (χ2v) is 8.94. The van der Waals surface area contributed by atoms with Gasteiger partial charge in [-0.15, -0.1) is 0 Å². The first kappa shape index (κ1) is 21.0. The van der Waals surface area contributed by atoms with Crippen molar-refractivity contribution >= 4 is 28.4 Å². The highest BCUT2D eigenvalue weighted by atomic mass is 127. The predicted octanol–water partition coefficient (Wildman–Crippen LogP) is 3.76. The highest BCUT2D eigenvalue weighted by Crippen LogP contribution is 2.32. The molecule has 4 rings (SSSR count). The minimum absolute atomic E-state index is 0.387. The molecular formula is C22H27IN6O. The Morgan fingerprint density at radius 2 is 1.93 bits per heavy atom. The highest BCUT2D eigenvalue weighted by molar-refractivity contribution is 14.1. The first-order chi connectivity index (χ1) is 14.4. The summed E-state index contributed by atoms with van der Waals surface area (Å²) >= 11 is 2.23. The normalized spacial score (nSPS) is 15.5. The lowest BCUT2D eigenvalue weighted by molar-refractivity contribution is 0.249. The first-order valence-corrected chi connectivity index (χ1v) is 11.2. The van der Waals surface area contributed by atoms with Crippen LogP contribution in [0.1, 0.15) is 35.7 Å². The standard InChI is InChI=1S/C22H27IN6O/c1-14-16(4-7-25-20(14)23)13-30-19-10-17(11-26-21(19)24)18-12-27-22(29(18)3)15-5-8-28(2)9-6-15/h4,7,10-12,15H,5-6,8-9,13H2,1-3H3,(H2,24,26). The summed E-state index contributed by atoms with van der Waals surface area (Å²) in [6.45, 7) is 4.70. The SMILES string of the molecule is Cc1c(COc2cc(-c3cnc(C4CCN(C)CC4)n3C)cnc2N)ccnc1I. The Balaban J connectivity index is 1.55. The van der Waals surface area contributed by atoms with Crippen LogP contribution in [-0.4, -0.2) is 44.6 Å². The zero-order chi connectivity index (χ0) is 21.3. The summed E-state index contributed by atoms with van der Waals surface area (Å²) in [4.78, 5) is 15.8. The Kier molecular flexibility index (Phi) is 6.24. The van der Waals surface area contributed by atoms with Crippen molar-refractivity contribution in [3.63, 3.8) is 0 Å². The Bertz CT molecular complexity index is 1040. The maximum absolute atomic E-state index is 6.10. The van der Waals surface area contributed by atoms with Gasteiger partial charge >= 0.3 is 0 Å². The van der Waals surface area contributed by atoms with Crippen LogP contribution < -0.4 is 10.5 Å². The number of likely N-dealkylation sites (tertiary alicyclic amines) is 1. The monoisotopic (exact) mass is 518 g/mol. The largest absolute Gasteiger partial charge is 0.485 e. The van der Waals surface area contributed by atoms with Gasteiger partial charge in [-0.3, -0.25) is 4.98 Å². The molecule has 0 spiro atoms. The molecule has 8 heteroatoms. The molecule has 1 aliphatic heterocycles. The van der Waals surface area contributed by atoms with E-state index in [1.54, 1.807) is 12.4 Å². The van der Waals surface area contributed by atoms with Gasteiger partial charge in [0.1, 0.15) is 16.1 Å². The topological polar surface area (TPSA) is 82.1 Å². The van der Waals surface area contributed by atoms with Gasteiger partial charge in [0.2, 0.25) is 0 Å². The maximum atomic E-state index is 6.10. The van der Waals surface area contributed by atoms with Crippen LogP contribution in [0, 0.1) is 10.6 Å². The number of nitrogens with zero attached hydrogens (tertiary/aromatic N) is 5. The van der Waals surface area contributed by atoms with E-state index in [2.05, 4.69) is 56.1 Å². The lowest BCUT2D eigenvalue weighted by Crippen LogP contribution is -2.30. The third-order valence-electron chi connectivity index (χ3n) is 5.92. The van der Waals surface area contributed by atoms with Gasteiger partial charge in [-0.1, -0.05) is 0 Å². The third kappa shape index (κ3) is 4.29. The molecule has 0 atom stereocenters. The zero-order valence-electron chi connectivity index (χ0n) is 17.6. The van der Waals surface area contributed by atoms with Crippen LogP contribution in [0.2, 0.25) is 0 Å². The molecule has 0 aromatic carbocycles. The fraction of sp³-hybridized carbons (Fsp3) is 0.409. The van der Waals surface area contributed by atoms with Crippen LogP contribution in [0.5, 0.6) is 5.75 Å². The molecule has 2 N–H and O–H groups in total. The van der Waals surface area contributed by atoms with Crippen LogP contribution in [0.4, 0.5) is 5.82 Å². The van der Waals surface area contributed by atoms with E-state index in [1.165, 1.54) is 0 Å². The molecule has 0 unspecified atom stereocenters. The summed E-state index contributed by atoms with van der Waals surface area (Å²) in [7, 11) is 4.26. The number of imidazole rings is 1. The number of rotatable bonds is 5. The molecule has 4 heterocycles. The average Bonchev–Trinajstić information content (AvgIpc) is 3.12. The third-order valence-corrected chi connectivity index (χ3v) is 7.01. The van der Waals surface area contributed by atoms with Crippen molar-refractivity contribution < 1.29 is 4.74 Å². The number of hydrogen-bond donors (Lipinski definition) is 1. The molecular weight excluding hydrogens is 491 g/mol. The van der Waals surface area contributed by atoms with E-state index in [-0.39, 0.29) is 0 Å². The van der Waals surface area contributed by atoms with E-state index in [4.69, 9.17) is 15.5 Å². The van der Waals surface area contributed by atoms with E-state index in [0.29, 0.717) is 24.1 Å². The Hall–Kier alpha value is -2.20. The molecule has 7 nitrogen and oxygen atoms in total. The summed E-state index contributed by atoms with van der Waals surface area (Å²) in [6.07, 6.45) is 7.79. The van der Waals surface area contributed by atoms with Gasteiger partial charge in [0.05, 0.1) is 11.9 Å². The van der Waals surface area contributed by atoms with Gasteiger partial charge in [0.25, 0.3) is 0 Å². The average molecular weight is 518 g/mol. The summed E-state index contributed by atoms with van der Waals surface area (Å²) in [5, 5.41) is 0. The number of nitrogens with two attached hydrogens (primary N) is 1. The lowest BCUT2D eigenvalue weighted by Gasteiger charge is -2.28. The number of ether oxygens (including phenoxy) is 1. The quantitative estimate of drug-likeness (QED) is 0.409. The van der Waals surface area contributed by atoms with Gasteiger partial charge in [0, 0.05) is 30.9 Å². The molecule has 0 amide bonds. The summed E-state index contributed by atoms with van der Waals surface area (Å²) in [5.74, 6) is 2.60. The Morgan fingerprint density at radius 1 is 1.17 bits per heavy atom. The van der Waals surface area contributed by atoms with Gasteiger partial charge in [-0.05, 0) is 85.8 Å². The molecule has 3 aromatic rings. The van der Waals surface area contributed by atoms with Gasteiger partial charge in [0.15, 0.2) is 11.6 Å². The zero-order valence-corrected chi connectivity index (χ0v) is 19.8. The molecule has 30 heavy (non-hydrogen) atoms. The second-order valence-electron chi connectivity index (χ2n) is 7.92. The lowest BCUT2D eigenvalue weighted by atomic mass is 9.96. The van der Waals surface area contributed by atoms with Crippen LogP contribution in [0.15, 0.2) is 30.7 Å². The maximum Gasteiger partial charge on any atom is 0.166 e. The fourth-order valence-electron chi connectivity index (χ4n) is 3.91. The van der Waals surface area contributed by atoms with E-state index in [0.717, 1.165) is 57.8 Å². The van der Waals surface area contributed by atoms with Crippen molar-refractivity contribution in [1.82, 2.24) is 24.4 Å². The van der Waals surface area contributed by atoms with Crippen molar-refractivity contribution in [2.75, 3.05) is 25.9 Å². The molecule has 0 bridgehead atoms. The van der Waals surface area contributed by atoms with E-state index >= 15 is 0 Å². The smallest absolute Gasteiger partial charge is 0.166 e. The minimum Gasteiger partial charge on any atom is -0.485 e. The fourth-order valence-corrected chi connectivity index (χ4v) is 4.42. The second kappa shape index (κ2) is 8.89. The first-order valence-electron chi connectivity index (χ1n) is 10.1. The van der Waals surface area contributed by atoms with Crippen LogP contribution in [0.25, 0.3) is 11.3 Å². The van der Waals surface area contributed by atoms with Gasteiger partial charge in [-0.25, -0.2) is 9.97 Å². The number of piperidine rings is 1. The van der Waals surface area contributed by atoms with Gasteiger partial charge in [-0.2, -0.15) is 0 Å². The molecule has 3 aromatic heterocycles. The number of nitrogen functional groups attached to an aromatic ring is 1. The summed E-state index contributed by atoms with van der Waals surface area (Å²) < 4.78 is 9.20. The molecule has 1 saturated heterocycles. The predicted molar refractivity (Wildman–Crippen MR) is 126 cm³/mol. The van der Waals surface area contributed by atoms with Crippen molar-refractivity contribution in [2.45, 2.75) is 32.3 Å². The number of halogens is 1. The van der Waals surface area contributed by atoms with E-state index in [1.807, 2.05) is 25.3 Å². The Morgan fingerprint density at radius 3 is 2.70 bits per heavy atom. The van der Waals surface area contributed by atoms with Crippen molar-refractivity contribution in [1.29, 1.82) is 0 Å². The summed E-state index contributed by atoms with van der Waals surface area (Å²) in [5.41, 5.74) is 10.3. The minimum atomic E-state index is 0.387. The van der Waals surface area contributed by atoms with Crippen LogP contribution in [-0.2, 0) is 13.7 Å². The summed E-state index contributed by atoms with van der Waals surface area (Å²) in [6, 6.07) is 3.93. The molecule has 0 radical (unpaired) electrons. The van der Waals surface area contributed by atoms with Crippen molar-refractivity contribution in [2.24, 2.45) is 7.05 Å². The highest BCUT2D eigenvalue weighted by Gasteiger charge is 2.23. The Labute approximate surface area is 190 Å². The molecule has 0 saturated carbocycles. The number of aromatic nitrogens is 4. The van der Waals surface area contributed by atoms with E-state index < -0.39 is 0 Å². The molecule has 1 fully saturated rings. The number of anilines is 1.